The maximum absolute atomic E-state index is 11.8. The number of aromatic nitrogens is 3. The normalized spacial score (nSPS) is 12.1. The highest BCUT2D eigenvalue weighted by Crippen LogP contribution is 2.20. The van der Waals surface area contributed by atoms with Crippen LogP contribution in [0.2, 0.25) is 0 Å². The van der Waals surface area contributed by atoms with E-state index in [4.69, 9.17) is 0 Å². The summed E-state index contributed by atoms with van der Waals surface area (Å²) in [6.45, 7) is 6.70. The van der Waals surface area contributed by atoms with Gasteiger partial charge in [-0.05, 0) is 13.3 Å². The Morgan fingerprint density at radius 3 is 2.86 bits per heavy atom. The zero-order valence-corrected chi connectivity index (χ0v) is 14.0. The SMILES string of the molecule is CCCc1nnc(NC(=O)NCC(C)c2ncc(C)s2)s1. The molecule has 2 aromatic heterocycles. The molecule has 0 aromatic carbocycles. The highest BCUT2D eigenvalue weighted by atomic mass is 32.1. The molecule has 0 fully saturated rings. The van der Waals surface area contributed by atoms with Gasteiger partial charge in [-0.15, -0.1) is 21.5 Å². The summed E-state index contributed by atoms with van der Waals surface area (Å²) in [6, 6.07) is -0.255. The van der Waals surface area contributed by atoms with Gasteiger partial charge in [0.1, 0.15) is 5.01 Å². The first kappa shape index (κ1) is 15.8. The summed E-state index contributed by atoms with van der Waals surface area (Å²) < 4.78 is 0. The molecule has 0 saturated heterocycles. The number of amides is 2. The van der Waals surface area contributed by atoms with E-state index in [9.17, 15) is 4.79 Å². The Bertz CT molecular complexity index is 595. The molecule has 2 rings (SSSR count). The second-order valence-electron chi connectivity index (χ2n) is 4.80. The van der Waals surface area contributed by atoms with Crippen molar-refractivity contribution >= 4 is 33.8 Å². The van der Waals surface area contributed by atoms with Gasteiger partial charge in [-0.2, -0.15) is 0 Å². The number of nitrogens with one attached hydrogen (secondary N) is 2. The molecule has 0 saturated carbocycles. The van der Waals surface area contributed by atoms with Gasteiger partial charge in [0.05, 0.1) is 5.01 Å². The number of anilines is 1. The van der Waals surface area contributed by atoms with Crippen LogP contribution in [0.5, 0.6) is 0 Å². The van der Waals surface area contributed by atoms with Crippen LogP contribution in [-0.4, -0.2) is 27.8 Å². The molecule has 114 valence electrons. The van der Waals surface area contributed by atoms with Crippen molar-refractivity contribution in [3.63, 3.8) is 0 Å². The molecule has 0 aliphatic rings. The summed E-state index contributed by atoms with van der Waals surface area (Å²) >= 11 is 3.07. The Morgan fingerprint density at radius 2 is 2.19 bits per heavy atom. The quantitative estimate of drug-likeness (QED) is 0.855. The van der Waals surface area contributed by atoms with Crippen molar-refractivity contribution in [3.8, 4) is 0 Å². The van der Waals surface area contributed by atoms with Crippen molar-refractivity contribution in [1.82, 2.24) is 20.5 Å². The second kappa shape index (κ2) is 7.46. The van der Waals surface area contributed by atoms with Crippen LogP contribution in [0, 0.1) is 6.92 Å². The first-order valence-electron chi connectivity index (χ1n) is 6.88. The van der Waals surface area contributed by atoms with Gasteiger partial charge in [0.25, 0.3) is 0 Å². The summed E-state index contributed by atoms with van der Waals surface area (Å²) in [5.41, 5.74) is 0. The minimum absolute atomic E-state index is 0.194. The van der Waals surface area contributed by atoms with E-state index in [2.05, 4.69) is 32.7 Å². The van der Waals surface area contributed by atoms with Crippen LogP contribution in [-0.2, 0) is 6.42 Å². The van der Waals surface area contributed by atoms with E-state index in [1.807, 2.05) is 20.0 Å². The van der Waals surface area contributed by atoms with E-state index in [0.717, 1.165) is 22.9 Å². The van der Waals surface area contributed by atoms with Gasteiger partial charge in [-0.3, -0.25) is 5.32 Å². The third kappa shape index (κ3) is 4.75. The molecule has 6 nitrogen and oxygen atoms in total. The number of urea groups is 1. The summed E-state index contributed by atoms with van der Waals surface area (Å²) in [5.74, 6) is 0.194. The number of nitrogens with zero attached hydrogens (tertiary/aromatic N) is 3. The average Bonchev–Trinajstić information content (AvgIpc) is 3.06. The summed E-state index contributed by atoms with van der Waals surface area (Å²) in [5, 5.41) is 16.0. The average molecular weight is 325 g/mol. The van der Waals surface area contributed by atoms with E-state index in [0.29, 0.717) is 11.7 Å². The minimum atomic E-state index is -0.255. The number of aryl methyl sites for hydroxylation is 2. The second-order valence-corrected chi connectivity index (χ2v) is 7.12. The van der Waals surface area contributed by atoms with Crippen LogP contribution in [0.3, 0.4) is 0 Å². The molecule has 8 heteroatoms. The number of thiazole rings is 1. The highest BCUT2D eigenvalue weighted by Gasteiger charge is 2.12. The maximum atomic E-state index is 11.8. The first-order chi connectivity index (χ1) is 10.1. The monoisotopic (exact) mass is 325 g/mol. The number of carbonyl (C=O) groups is 1. The van der Waals surface area contributed by atoms with Crippen molar-refractivity contribution in [1.29, 1.82) is 0 Å². The minimum Gasteiger partial charge on any atom is -0.337 e. The summed E-state index contributed by atoms with van der Waals surface area (Å²) in [7, 11) is 0. The van der Waals surface area contributed by atoms with Crippen molar-refractivity contribution < 1.29 is 4.79 Å². The van der Waals surface area contributed by atoms with Crippen LogP contribution in [0.15, 0.2) is 6.20 Å². The molecular weight excluding hydrogens is 306 g/mol. The molecule has 0 bridgehead atoms. The molecule has 0 aliphatic heterocycles. The van der Waals surface area contributed by atoms with Crippen LogP contribution in [0.1, 0.15) is 41.1 Å². The third-order valence-corrected chi connectivity index (χ3v) is 4.82. The zero-order chi connectivity index (χ0) is 15.2. The number of carbonyl (C=O) groups excluding carboxylic acids is 1. The topological polar surface area (TPSA) is 79.8 Å². The van der Waals surface area contributed by atoms with Crippen LogP contribution in [0.25, 0.3) is 0 Å². The largest absolute Gasteiger partial charge is 0.337 e. The molecule has 2 heterocycles. The Balaban J connectivity index is 1.78. The van der Waals surface area contributed by atoms with Crippen molar-refractivity contribution in [2.75, 3.05) is 11.9 Å². The lowest BCUT2D eigenvalue weighted by atomic mass is 10.2. The lowest BCUT2D eigenvalue weighted by Crippen LogP contribution is -2.31. The fourth-order valence-corrected chi connectivity index (χ4v) is 3.36. The van der Waals surface area contributed by atoms with Crippen LogP contribution < -0.4 is 10.6 Å². The molecule has 1 unspecified atom stereocenters. The molecule has 2 amide bonds. The van der Waals surface area contributed by atoms with Gasteiger partial charge in [-0.25, -0.2) is 9.78 Å². The van der Waals surface area contributed by atoms with Gasteiger partial charge >= 0.3 is 6.03 Å². The fourth-order valence-electron chi connectivity index (χ4n) is 1.69. The fraction of sp³-hybridized carbons (Fsp3) is 0.538. The lowest BCUT2D eigenvalue weighted by molar-refractivity contribution is 0.251. The number of hydrogen-bond donors (Lipinski definition) is 2. The van der Waals surface area contributed by atoms with E-state index < -0.39 is 0 Å². The van der Waals surface area contributed by atoms with Gasteiger partial charge in [0.2, 0.25) is 5.13 Å². The highest BCUT2D eigenvalue weighted by molar-refractivity contribution is 7.15. The summed E-state index contributed by atoms with van der Waals surface area (Å²) in [4.78, 5) is 17.3. The third-order valence-electron chi connectivity index (χ3n) is 2.78. The van der Waals surface area contributed by atoms with Crippen molar-refractivity contribution in [2.24, 2.45) is 0 Å². The summed E-state index contributed by atoms with van der Waals surface area (Å²) in [6.07, 6.45) is 3.76. The van der Waals surface area contributed by atoms with Crippen molar-refractivity contribution in [3.05, 3.63) is 21.1 Å². The Morgan fingerprint density at radius 1 is 1.38 bits per heavy atom. The molecule has 0 spiro atoms. The molecule has 0 radical (unpaired) electrons. The first-order valence-corrected chi connectivity index (χ1v) is 8.51. The molecule has 0 aliphatic carbocycles. The van der Waals surface area contributed by atoms with Gasteiger partial charge in [-0.1, -0.05) is 25.2 Å². The molecule has 2 aromatic rings. The smallest absolute Gasteiger partial charge is 0.321 e. The van der Waals surface area contributed by atoms with Gasteiger partial charge in [0.15, 0.2) is 0 Å². The van der Waals surface area contributed by atoms with Gasteiger partial charge < -0.3 is 5.32 Å². The van der Waals surface area contributed by atoms with E-state index in [1.54, 1.807) is 11.3 Å². The Labute approximate surface area is 132 Å². The molecule has 1 atom stereocenters. The van der Waals surface area contributed by atoms with Gasteiger partial charge in [0, 0.05) is 30.0 Å². The number of rotatable bonds is 6. The van der Waals surface area contributed by atoms with Crippen LogP contribution >= 0.6 is 22.7 Å². The van der Waals surface area contributed by atoms with E-state index in [-0.39, 0.29) is 11.9 Å². The lowest BCUT2D eigenvalue weighted by Gasteiger charge is -2.09. The van der Waals surface area contributed by atoms with Crippen LogP contribution in [0.4, 0.5) is 9.93 Å². The predicted molar refractivity (Wildman–Crippen MR) is 86.2 cm³/mol. The van der Waals surface area contributed by atoms with E-state index >= 15 is 0 Å². The van der Waals surface area contributed by atoms with E-state index in [1.165, 1.54) is 16.2 Å². The Hall–Kier alpha value is -1.54. The number of hydrogen-bond acceptors (Lipinski definition) is 6. The standard InChI is InChI=1S/C13H19N5OS2/c1-4-5-10-17-18-13(21-10)16-12(19)15-6-8(2)11-14-7-9(3)20-11/h7-8H,4-6H2,1-3H3,(H2,15,16,18,19). The molecule has 2 N–H and O–H groups in total. The maximum Gasteiger partial charge on any atom is 0.321 e. The van der Waals surface area contributed by atoms with Crippen molar-refractivity contribution in [2.45, 2.75) is 39.5 Å². The molecular formula is C13H19N5OS2. The predicted octanol–water partition coefficient (Wildman–Crippen LogP) is 3.18. The molecule has 21 heavy (non-hydrogen) atoms. The zero-order valence-electron chi connectivity index (χ0n) is 12.3. The Kier molecular flexibility index (Phi) is 5.63.